The van der Waals surface area contributed by atoms with Gasteiger partial charge in [-0.2, -0.15) is 0 Å². The molecule has 0 bridgehead atoms. The van der Waals surface area contributed by atoms with Crippen molar-refractivity contribution in [1.29, 1.82) is 0 Å². The lowest BCUT2D eigenvalue weighted by molar-refractivity contribution is 0.00837. The minimum Gasteiger partial charge on any atom is -0.293 e. The van der Waals surface area contributed by atoms with E-state index in [0.29, 0.717) is 10.8 Å². The maximum Gasteiger partial charge on any atom is 0.0130 e. The van der Waals surface area contributed by atoms with Crippen molar-refractivity contribution in [2.24, 2.45) is 10.8 Å². The monoisotopic (exact) mass is 490 g/mol. The molecule has 1 heteroatoms. The summed E-state index contributed by atoms with van der Waals surface area (Å²) in [6.45, 7) is 46.7. The molecule has 0 fully saturated rings. The standard InChI is InChI=1S/C19H32.C13H29N.C2H6/c1-17(2,3)13-14-15(18(4,5)6)11-10-12-16(14)19(7,8)9;1-11(2,3)10-14(12(4,5)6)13(7,8)9;1-2/h10-12H,13H2,1-9H3;10H2,1-9H3;1-2H3. The van der Waals surface area contributed by atoms with Crippen LogP contribution in [-0.4, -0.2) is 22.5 Å². The van der Waals surface area contributed by atoms with Crippen molar-refractivity contribution >= 4 is 0 Å². The van der Waals surface area contributed by atoms with Crippen molar-refractivity contribution in [2.75, 3.05) is 6.54 Å². The summed E-state index contributed by atoms with van der Waals surface area (Å²) in [4.78, 5) is 2.58. The molecule has 1 nitrogen and oxygen atoms in total. The maximum atomic E-state index is 2.58. The third-order valence-corrected chi connectivity index (χ3v) is 5.75. The van der Waals surface area contributed by atoms with Crippen LogP contribution in [0.25, 0.3) is 0 Å². The maximum absolute atomic E-state index is 2.58. The predicted molar refractivity (Wildman–Crippen MR) is 164 cm³/mol. The molecule has 0 amide bonds. The van der Waals surface area contributed by atoms with Crippen molar-refractivity contribution in [1.82, 2.24) is 4.90 Å². The van der Waals surface area contributed by atoms with E-state index in [1.54, 1.807) is 5.56 Å². The Hall–Kier alpha value is -0.820. The summed E-state index contributed by atoms with van der Waals surface area (Å²) >= 11 is 0. The Morgan fingerprint density at radius 1 is 0.514 bits per heavy atom. The highest BCUT2D eigenvalue weighted by Crippen LogP contribution is 2.37. The average Bonchev–Trinajstić information content (AvgIpc) is 2.56. The van der Waals surface area contributed by atoms with Crippen molar-refractivity contribution in [3.05, 3.63) is 34.9 Å². The molecule has 0 aliphatic rings. The van der Waals surface area contributed by atoms with E-state index in [2.05, 4.69) is 148 Å². The van der Waals surface area contributed by atoms with Crippen LogP contribution in [0.3, 0.4) is 0 Å². The number of nitrogens with zero attached hydrogens (tertiary/aromatic N) is 1. The first-order valence-electron chi connectivity index (χ1n) is 14.1. The van der Waals surface area contributed by atoms with E-state index in [1.807, 2.05) is 13.8 Å². The molecule has 1 aromatic rings. The third kappa shape index (κ3) is 14.5. The van der Waals surface area contributed by atoms with E-state index in [0.717, 1.165) is 13.0 Å². The fourth-order valence-electron chi connectivity index (χ4n) is 4.67. The first kappa shape index (κ1) is 36.3. The fourth-order valence-corrected chi connectivity index (χ4v) is 4.67. The van der Waals surface area contributed by atoms with E-state index in [9.17, 15) is 0 Å². The second-order valence-electron chi connectivity index (χ2n) is 16.6. The molecule has 1 aromatic carbocycles. The molecule has 0 aliphatic carbocycles. The molecule has 0 saturated heterocycles. The van der Waals surface area contributed by atoms with Crippen molar-refractivity contribution in [3.63, 3.8) is 0 Å². The van der Waals surface area contributed by atoms with Gasteiger partial charge in [0.15, 0.2) is 0 Å². The van der Waals surface area contributed by atoms with Crippen LogP contribution in [0.2, 0.25) is 0 Å². The molecular formula is C34H67N. The first-order chi connectivity index (χ1) is 15.2. The molecular weight excluding hydrogens is 422 g/mol. The van der Waals surface area contributed by atoms with Gasteiger partial charge in [0.25, 0.3) is 0 Å². The molecule has 0 aromatic heterocycles. The van der Waals surface area contributed by atoms with E-state index < -0.39 is 0 Å². The van der Waals surface area contributed by atoms with Gasteiger partial charge >= 0.3 is 0 Å². The number of benzene rings is 1. The molecule has 208 valence electrons. The van der Waals surface area contributed by atoms with E-state index >= 15 is 0 Å². The van der Waals surface area contributed by atoms with Gasteiger partial charge in [-0.15, -0.1) is 0 Å². The summed E-state index contributed by atoms with van der Waals surface area (Å²) < 4.78 is 0. The van der Waals surface area contributed by atoms with Crippen molar-refractivity contribution < 1.29 is 0 Å². The first-order valence-corrected chi connectivity index (χ1v) is 14.1. The van der Waals surface area contributed by atoms with Crippen LogP contribution >= 0.6 is 0 Å². The Balaban J connectivity index is 0. The van der Waals surface area contributed by atoms with Gasteiger partial charge in [0.2, 0.25) is 0 Å². The molecule has 0 unspecified atom stereocenters. The van der Waals surface area contributed by atoms with Crippen LogP contribution in [-0.2, 0) is 17.3 Å². The summed E-state index contributed by atoms with van der Waals surface area (Å²) in [6.07, 6.45) is 1.15. The lowest BCUT2D eigenvalue weighted by Gasteiger charge is -2.48. The molecule has 0 radical (unpaired) electrons. The van der Waals surface area contributed by atoms with Gasteiger partial charge in [-0.05, 0) is 86.3 Å². The predicted octanol–water partition coefficient (Wildman–Crippen LogP) is 10.8. The van der Waals surface area contributed by atoms with Crippen LogP contribution in [0, 0.1) is 10.8 Å². The van der Waals surface area contributed by atoms with Crippen LogP contribution in [0.5, 0.6) is 0 Å². The molecule has 35 heavy (non-hydrogen) atoms. The molecule has 0 aliphatic heterocycles. The zero-order valence-corrected chi connectivity index (χ0v) is 28.1. The summed E-state index contributed by atoms with van der Waals surface area (Å²) in [7, 11) is 0. The SMILES string of the molecule is CC.CC(C)(C)CN(C(C)(C)C)C(C)(C)C.CC(C)(C)Cc1c(C(C)(C)C)cccc1C(C)(C)C. The largest absolute Gasteiger partial charge is 0.293 e. The second kappa shape index (κ2) is 12.6. The molecule has 0 heterocycles. The summed E-state index contributed by atoms with van der Waals surface area (Å²) in [5.41, 5.74) is 6.17. The van der Waals surface area contributed by atoms with Crippen molar-refractivity contribution in [2.45, 2.75) is 167 Å². The van der Waals surface area contributed by atoms with Gasteiger partial charge in [-0.1, -0.05) is 115 Å². The van der Waals surface area contributed by atoms with E-state index in [4.69, 9.17) is 0 Å². The quantitative estimate of drug-likeness (QED) is 0.399. The Kier molecular flexibility index (Phi) is 13.1. The Morgan fingerprint density at radius 2 is 0.829 bits per heavy atom. The summed E-state index contributed by atoms with van der Waals surface area (Å²) in [5.74, 6) is 0. The normalized spacial score (nSPS) is 13.6. The van der Waals surface area contributed by atoms with Gasteiger partial charge in [-0.3, -0.25) is 4.90 Å². The minimum atomic E-state index is 0.210. The Morgan fingerprint density at radius 3 is 1.00 bits per heavy atom. The molecule has 0 atom stereocenters. The molecule has 1 rings (SSSR count). The minimum absolute atomic E-state index is 0.210. The Bertz CT molecular complexity index is 679. The average molecular weight is 490 g/mol. The smallest absolute Gasteiger partial charge is 0.0130 e. The molecule has 0 N–H and O–H groups in total. The second-order valence-corrected chi connectivity index (χ2v) is 16.6. The highest BCUT2D eigenvalue weighted by Gasteiger charge is 2.34. The van der Waals surface area contributed by atoms with Gasteiger partial charge in [0, 0.05) is 17.6 Å². The summed E-state index contributed by atoms with van der Waals surface area (Å²) in [5, 5.41) is 0. The van der Waals surface area contributed by atoms with Crippen LogP contribution < -0.4 is 0 Å². The van der Waals surface area contributed by atoms with Crippen molar-refractivity contribution in [3.8, 4) is 0 Å². The fraction of sp³-hybridized carbons (Fsp3) is 0.824. The highest BCUT2D eigenvalue weighted by molar-refractivity contribution is 5.43. The lowest BCUT2D eigenvalue weighted by atomic mass is 9.72. The third-order valence-electron chi connectivity index (χ3n) is 5.75. The number of hydrogen-bond donors (Lipinski definition) is 0. The van der Waals surface area contributed by atoms with Gasteiger partial charge in [-0.25, -0.2) is 0 Å². The van der Waals surface area contributed by atoms with E-state index in [-0.39, 0.29) is 21.9 Å². The highest BCUT2D eigenvalue weighted by atomic mass is 15.2. The van der Waals surface area contributed by atoms with Crippen LogP contribution in [0.15, 0.2) is 18.2 Å². The van der Waals surface area contributed by atoms with Gasteiger partial charge < -0.3 is 0 Å². The topological polar surface area (TPSA) is 3.24 Å². The van der Waals surface area contributed by atoms with Gasteiger partial charge in [0.1, 0.15) is 0 Å². The zero-order valence-electron chi connectivity index (χ0n) is 28.1. The molecule has 0 saturated carbocycles. The van der Waals surface area contributed by atoms with E-state index in [1.165, 1.54) is 11.1 Å². The van der Waals surface area contributed by atoms with Gasteiger partial charge in [0.05, 0.1) is 0 Å². The van der Waals surface area contributed by atoms with Crippen LogP contribution in [0.4, 0.5) is 0 Å². The summed E-state index contributed by atoms with van der Waals surface area (Å²) in [6, 6.07) is 6.86. The lowest BCUT2D eigenvalue weighted by Crippen LogP contribution is -2.55. The van der Waals surface area contributed by atoms with Crippen LogP contribution in [0.1, 0.15) is 155 Å². The number of hydrogen-bond acceptors (Lipinski definition) is 1. The zero-order chi connectivity index (χ0) is 28.8. The number of rotatable bonds is 2. The Labute approximate surface area is 223 Å². The molecule has 0 spiro atoms.